The van der Waals surface area contributed by atoms with Gasteiger partial charge in [-0.2, -0.15) is 13.2 Å². The monoisotopic (exact) mass is 523 g/mol. The first-order valence-electron chi connectivity index (χ1n) is 11.4. The summed E-state index contributed by atoms with van der Waals surface area (Å²) in [5.74, 6) is 0.0206. The summed E-state index contributed by atoms with van der Waals surface area (Å²) in [6.45, 7) is 8.01. The number of hydrogen-bond acceptors (Lipinski definition) is 8. The Hall–Kier alpha value is -3.03. The van der Waals surface area contributed by atoms with Crippen LogP contribution < -0.4 is 11.1 Å². The molecule has 2 aliphatic rings. The van der Waals surface area contributed by atoms with Crippen LogP contribution in [0.4, 0.5) is 19.1 Å². The van der Waals surface area contributed by atoms with Crippen molar-refractivity contribution in [2.45, 2.75) is 25.6 Å². The predicted octanol–water partition coefficient (Wildman–Crippen LogP) is 3.16. The fourth-order valence-corrected chi connectivity index (χ4v) is 5.57. The number of carbonyl (C=O) groups is 1. The molecule has 0 aliphatic carbocycles. The molecule has 0 spiro atoms. The van der Waals surface area contributed by atoms with Gasteiger partial charge < -0.3 is 20.7 Å². The molecule has 1 fully saturated rings. The first-order chi connectivity index (χ1) is 17.1. The van der Waals surface area contributed by atoms with Crippen LogP contribution >= 0.6 is 11.3 Å². The number of carbonyl (C=O) groups excluding carboxylic acids is 1. The molecule has 1 amide bonds. The van der Waals surface area contributed by atoms with E-state index in [2.05, 4.69) is 25.2 Å². The minimum Gasteiger partial charge on any atom is -0.404 e. The zero-order chi connectivity index (χ0) is 26.1. The maximum Gasteiger partial charge on any atom is 0.420 e. The molecule has 1 saturated heterocycles. The van der Waals surface area contributed by atoms with E-state index in [1.165, 1.54) is 25.4 Å². The molecule has 0 radical (unpaired) electrons. The smallest absolute Gasteiger partial charge is 0.404 e. The Morgan fingerprint density at radius 2 is 2.06 bits per heavy atom. The number of thiophene rings is 1. The highest BCUT2D eigenvalue weighted by atomic mass is 32.1. The summed E-state index contributed by atoms with van der Waals surface area (Å²) in [6, 6.07) is 1.51. The molecule has 0 aromatic carbocycles. The first-order valence-corrected chi connectivity index (χ1v) is 12.2. The van der Waals surface area contributed by atoms with Crippen LogP contribution in [0.25, 0.3) is 10.6 Å². The average Bonchev–Trinajstić information content (AvgIpc) is 3.36. The molecular weight excluding hydrogens is 495 g/mol. The van der Waals surface area contributed by atoms with E-state index in [-0.39, 0.29) is 28.3 Å². The number of aromatic nitrogens is 2. The van der Waals surface area contributed by atoms with Gasteiger partial charge in [0.1, 0.15) is 11.4 Å². The van der Waals surface area contributed by atoms with Crippen LogP contribution in [0.5, 0.6) is 0 Å². The quantitative estimate of drug-likeness (QED) is 0.442. The van der Waals surface area contributed by atoms with Crippen molar-refractivity contribution in [2.75, 3.05) is 51.8 Å². The second kappa shape index (κ2) is 10.1. The third-order valence-electron chi connectivity index (χ3n) is 6.24. The number of nitrogens with two attached hydrogens (primary N) is 1. The highest BCUT2D eigenvalue weighted by molar-refractivity contribution is 7.16. The number of aliphatic imine (C=N–C) groups is 1. The van der Waals surface area contributed by atoms with Crippen molar-refractivity contribution < 1.29 is 22.7 Å². The predicted molar refractivity (Wildman–Crippen MR) is 132 cm³/mol. The van der Waals surface area contributed by atoms with E-state index in [1.54, 1.807) is 4.90 Å². The molecule has 3 N–H and O–H groups in total. The number of halogens is 3. The molecule has 4 rings (SSSR count). The molecule has 2 aromatic heterocycles. The highest BCUT2D eigenvalue weighted by Crippen LogP contribution is 2.47. The van der Waals surface area contributed by atoms with Crippen molar-refractivity contribution >= 4 is 29.0 Å². The molecule has 36 heavy (non-hydrogen) atoms. The number of anilines is 1. The topological polar surface area (TPSA) is 109 Å². The van der Waals surface area contributed by atoms with Gasteiger partial charge in [-0.3, -0.25) is 14.7 Å². The average molecular weight is 524 g/mol. The lowest BCUT2D eigenvalue weighted by Gasteiger charge is -2.35. The van der Waals surface area contributed by atoms with Crippen LogP contribution in [0.2, 0.25) is 0 Å². The summed E-state index contributed by atoms with van der Waals surface area (Å²) in [6.07, 6.45) is -1.27. The molecule has 9 nitrogen and oxygen atoms in total. The van der Waals surface area contributed by atoms with Crippen LogP contribution in [-0.4, -0.2) is 78.0 Å². The second-order valence-electron chi connectivity index (χ2n) is 8.87. The van der Waals surface area contributed by atoms with Crippen LogP contribution in [-0.2, 0) is 16.5 Å². The Bertz CT molecular complexity index is 1190. The van der Waals surface area contributed by atoms with Gasteiger partial charge in [0, 0.05) is 44.3 Å². The van der Waals surface area contributed by atoms with Crippen molar-refractivity contribution in [3.63, 3.8) is 0 Å². The summed E-state index contributed by atoms with van der Waals surface area (Å²) < 4.78 is 46.9. The fourth-order valence-electron chi connectivity index (χ4n) is 4.31. The number of alkyl halides is 3. The summed E-state index contributed by atoms with van der Waals surface area (Å²) in [5, 5.41) is 2.76. The SMILES string of the molecule is CN=C(C=CN)Nc1ncc(C(F)(F)F)c(-c2cc3c(s2)C(C)(C)N(CCN2CCOCC2)C3=O)n1. The maximum absolute atomic E-state index is 13.9. The number of morpholine rings is 1. The van der Waals surface area contributed by atoms with Crippen molar-refractivity contribution in [2.24, 2.45) is 10.7 Å². The molecule has 0 bridgehead atoms. The lowest BCUT2D eigenvalue weighted by molar-refractivity contribution is -0.137. The third-order valence-corrected chi connectivity index (χ3v) is 7.70. The Morgan fingerprint density at radius 1 is 1.33 bits per heavy atom. The summed E-state index contributed by atoms with van der Waals surface area (Å²) in [4.78, 5) is 30.2. The molecule has 0 saturated carbocycles. The number of fused-ring (bicyclic) bond motifs is 1. The van der Waals surface area contributed by atoms with Crippen LogP contribution in [0.3, 0.4) is 0 Å². The summed E-state index contributed by atoms with van der Waals surface area (Å²) in [7, 11) is 1.50. The van der Waals surface area contributed by atoms with Gasteiger partial charge in [-0.1, -0.05) is 0 Å². The van der Waals surface area contributed by atoms with E-state index in [9.17, 15) is 18.0 Å². The van der Waals surface area contributed by atoms with Gasteiger partial charge in [0.25, 0.3) is 5.91 Å². The molecule has 0 unspecified atom stereocenters. The van der Waals surface area contributed by atoms with E-state index < -0.39 is 17.3 Å². The van der Waals surface area contributed by atoms with E-state index in [0.29, 0.717) is 36.7 Å². The summed E-state index contributed by atoms with van der Waals surface area (Å²) in [5.41, 5.74) is 3.85. The van der Waals surface area contributed by atoms with E-state index in [1.807, 2.05) is 13.8 Å². The number of rotatable bonds is 6. The minimum atomic E-state index is -4.68. The van der Waals surface area contributed by atoms with Crippen molar-refractivity contribution in [3.8, 4) is 10.6 Å². The lowest BCUT2D eigenvalue weighted by Crippen LogP contribution is -2.46. The number of amidine groups is 1. The molecule has 2 aromatic rings. The standard InChI is InChI=1S/C23H28F3N7O2S/c1-22(2)19-14(20(34)33(22)7-6-32-8-10-35-11-9-32)12-16(36-19)18-15(23(24,25)26)13-29-21(31-18)30-17(28-3)4-5-27/h4-5,12-13H,6-11,27H2,1-3H3,(H,28,29,30,31). The van der Waals surface area contributed by atoms with Crippen molar-refractivity contribution in [1.82, 2.24) is 19.8 Å². The Balaban J connectivity index is 1.65. The zero-order valence-electron chi connectivity index (χ0n) is 20.2. The highest BCUT2D eigenvalue weighted by Gasteiger charge is 2.45. The van der Waals surface area contributed by atoms with Crippen molar-refractivity contribution in [3.05, 3.63) is 40.5 Å². The van der Waals surface area contributed by atoms with E-state index >= 15 is 0 Å². The van der Waals surface area contributed by atoms with Crippen LogP contribution in [0.15, 0.2) is 29.5 Å². The second-order valence-corrected chi connectivity index (χ2v) is 9.92. The molecule has 194 valence electrons. The van der Waals surface area contributed by atoms with E-state index in [4.69, 9.17) is 10.5 Å². The van der Waals surface area contributed by atoms with Gasteiger partial charge in [-0.15, -0.1) is 11.3 Å². The Morgan fingerprint density at radius 3 is 2.67 bits per heavy atom. The maximum atomic E-state index is 13.9. The minimum absolute atomic E-state index is 0.0667. The van der Waals surface area contributed by atoms with Gasteiger partial charge in [0.2, 0.25) is 5.95 Å². The molecular formula is C23H28F3N7O2S. The lowest BCUT2D eigenvalue weighted by atomic mass is 10.0. The van der Waals surface area contributed by atoms with Gasteiger partial charge in [0.15, 0.2) is 0 Å². The van der Waals surface area contributed by atoms with Gasteiger partial charge >= 0.3 is 6.18 Å². The van der Waals surface area contributed by atoms with Crippen LogP contribution in [0, 0.1) is 0 Å². The van der Waals surface area contributed by atoms with Gasteiger partial charge in [0.05, 0.1) is 34.9 Å². The zero-order valence-corrected chi connectivity index (χ0v) is 21.0. The van der Waals surface area contributed by atoms with Crippen molar-refractivity contribution in [1.29, 1.82) is 0 Å². The van der Waals surface area contributed by atoms with E-state index in [0.717, 1.165) is 30.6 Å². The first kappa shape index (κ1) is 26.0. The fraction of sp³-hybridized carbons (Fsp3) is 0.478. The van der Waals surface area contributed by atoms with Gasteiger partial charge in [-0.25, -0.2) is 9.97 Å². The molecule has 0 atom stereocenters. The number of ether oxygens (including phenoxy) is 1. The number of nitrogens with one attached hydrogen (secondary N) is 1. The molecule has 4 heterocycles. The molecule has 13 heteroatoms. The summed E-state index contributed by atoms with van der Waals surface area (Å²) >= 11 is 1.15. The number of amides is 1. The largest absolute Gasteiger partial charge is 0.420 e. The molecule has 2 aliphatic heterocycles. The van der Waals surface area contributed by atoms with Crippen LogP contribution in [0.1, 0.15) is 34.6 Å². The Kier molecular flexibility index (Phi) is 7.34. The third kappa shape index (κ3) is 5.08. The normalized spacial score (nSPS) is 18.8. The Labute approximate surface area is 210 Å². The number of nitrogens with zero attached hydrogens (tertiary/aromatic N) is 5. The number of hydrogen-bond donors (Lipinski definition) is 2. The van der Waals surface area contributed by atoms with Gasteiger partial charge in [-0.05, 0) is 32.2 Å².